The predicted molar refractivity (Wildman–Crippen MR) is 93.5 cm³/mol. The van der Waals surface area contributed by atoms with Crippen molar-refractivity contribution in [2.24, 2.45) is 0 Å². The lowest BCUT2D eigenvalue weighted by atomic mass is 10.0. The lowest BCUT2D eigenvalue weighted by molar-refractivity contribution is 0.398. The summed E-state index contributed by atoms with van der Waals surface area (Å²) in [4.78, 5) is 15.9. The van der Waals surface area contributed by atoms with E-state index in [-0.39, 0.29) is 0 Å². The summed E-state index contributed by atoms with van der Waals surface area (Å²) in [5.74, 6) is 1.06. The third-order valence-electron chi connectivity index (χ3n) is 3.90. The fourth-order valence-corrected chi connectivity index (χ4v) is 2.72. The normalized spacial score (nSPS) is 10.9. The Morgan fingerprint density at radius 3 is 2.62 bits per heavy atom. The van der Waals surface area contributed by atoms with Gasteiger partial charge in [-0.25, -0.2) is 15.0 Å². The van der Waals surface area contributed by atoms with Crippen LogP contribution < -0.4 is 10.5 Å². The van der Waals surface area contributed by atoms with Gasteiger partial charge in [-0.05, 0) is 35.4 Å². The highest BCUT2D eigenvalue weighted by molar-refractivity contribution is 5.95. The first-order valence-corrected chi connectivity index (χ1v) is 7.44. The number of nitrogens with two attached hydrogens (primary N) is 1. The summed E-state index contributed by atoms with van der Waals surface area (Å²) >= 11 is 0. The minimum Gasteiger partial charge on any atom is -0.481 e. The molecule has 4 rings (SSSR count). The standard InChI is InChI=1S/C18H15N5O/c1-24-17-8-12(3-5-21-17)15-10-23-18-14(15)6-13(9-22-18)11-2-4-20-16(19)7-11/h2-10H,1H3,(H2,19,20)(H,22,23). The Kier molecular flexibility index (Phi) is 3.35. The topological polar surface area (TPSA) is 89.7 Å². The van der Waals surface area contributed by atoms with E-state index in [1.165, 1.54) is 0 Å². The number of H-pyrrole nitrogens is 1. The second-order valence-electron chi connectivity index (χ2n) is 5.38. The number of aromatic amines is 1. The van der Waals surface area contributed by atoms with Crippen LogP contribution >= 0.6 is 0 Å². The maximum atomic E-state index is 5.78. The number of nitrogen functional groups attached to an aromatic ring is 1. The second kappa shape index (κ2) is 5.66. The molecule has 4 aromatic rings. The molecule has 0 amide bonds. The van der Waals surface area contributed by atoms with Crippen molar-refractivity contribution >= 4 is 16.9 Å². The summed E-state index contributed by atoms with van der Waals surface area (Å²) in [5.41, 5.74) is 10.6. The molecule has 0 aliphatic carbocycles. The van der Waals surface area contributed by atoms with Gasteiger partial charge in [-0.15, -0.1) is 0 Å². The molecule has 0 spiro atoms. The number of hydrogen-bond donors (Lipinski definition) is 2. The summed E-state index contributed by atoms with van der Waals surface area (Å²) in [6.07, 6.45) is 7.19. The fourth-order valence-electron chi connectivity index (χ4n) is 2.72. The van der Waals surface area contributed by atoms with Crippen LogP contribution in [0.3, 0.4) is 0 Å². The van der Waals surface area contributed by atoms with Crippen LogP contribution in [0.25, 0.3) is 33.3 Å². The lowest BCUT2D eigenvalue weighted by Crippen LogP contribution is -1.90. The van der Waals surface area contributed by atoms with E-state index in [2.05, 4.69) is 26.0 Å². The first-order chi connectivity index (χ1) is 11.7. The van der Waals surface area contributed by atoms with Gasteiger partial charge >= 0.3 is 0 Å². The van der Waals surface area contributed by atoms with Crippen molar-refractivity contribution in [2.75, 3.05) is 12.8 Å². The number of pyridine rings is 3. The number of hydrogen-bond acceptors (Lipinski definition) is 5. The molecule has 0 aliphatic rings. The molecule has 6 nitrogen and oxygen atoms in total. The van der Waals surface area contributed by atoms with Crippen molar-refractivity contribution in [3.63, 3.8) is 0 Å². The SMILES string of the molecule is COc1cc(-c2c[nH]c3ncc(-c4ccnc(N)c4)cc23)ccn1. The van der Waals surface area contributed by atoms with E-state index in [9.17, 15) is 0 Å². The number of ether oxygens (including phenoxy) is 1. The second-order valence-corrected chi connectivity index (χ2v) is 5.38. The number of nitrogens with one attached hydrogen (secondary N) is 1. The molecule has 4 heterocycles. The molecule has 3 N–H and O–H groups in total. The number of aromatic nitrogens is 4. The molecule has 0 unspecified atom stereocenters. The van der Waals surface area contributed by atoms with E-state index < -0.39 is 0 Å². The molecular formula is C18H15N5O. The molecule has 0 saturated carbocycles. The molecule has 4 aromatic heterocycles. The van der Waals surface area contributed by atoms with Gasteiger partial charge in [0.1, 0.15) is 11.5 Å². The summed E-state index contributed by atoms with van der Waals surface area (Å²) < 4.78 is 5.21. The van der Waals surface area contributed by atoms with Gasteiger partial charge in [0.05, 0.1) is 7.11 Å². The van der Waals surface area contributed by atoms with Crippen molar-refractivity contribution in [3.05, 3.63) is 55.1 Å². The van der Waals surface area contributed by atoms with Crippen molar-refractivity contribution in [1.82, 2.24) is 19.9 Å². The van der Waals surface area contributed by atoms with Crippen molar-refractivity contribution < 1.29 is 4.74 Å². The molecule has 24 heavy (non-hydrogen) atoms. The van der Waals surface area contributed by atoms with Crippen LogP contribution in [0.15, 0.2) is 55.1 Å². The monoisotopic (exact) mass is 317 g/mol. The predicted octanol–water partition coefficient (Wildman–Crippen LogP) is 3.28. The molecule has 0 radical (unpaired) electrons. The number of rotatable bonds is 3. The van der Waals surface area contributed by atoms with Gasteiger partial charge in [0.25, 0.3) is 0 Å². The highest BCUT2D eigenvalue weighted by Gasteiger charge is 2.10. The van der Waals surface area contributed by atoms with Gasteiger partial charge in [-0.1, -0.05) is 0 Å². The van der Waals surface area contributed by atoms with E-state index in [0.29, 0.717) is 11.7 Å². The Bertz CT molecular complexity index is 1020. The van der Waals surface area contributed by atoms with E-state index in [1.54, 1.807) is 19.5 Å². The van der Waals surface area contributed by atoms with Gasteiger partial charge in [-0.3, -0.25) is 0 Å². The minimum absolute atomic E-state index is 0.487. The van der Waals surface area contributed by atoms with Crippen LogP contribution in [0.4, 0.5) is 5.82 Å². The molecule has 118 valence electrons. The Balaban J connectivity index is 1.87. The van der Waals surface area contributed by atoms with Gasteiger partial charge in [0.15, 0.2) is 0 Å². The van der Waals surface area contributed by atoms with Gasteiger partial charge in [-0.2, -0.15) is 0 Å². The van der Waals surface area contributed by atoms with Crippen LogP contribution in [0.2, 0.25) is 0 Å². The zero-order valence-electron chi connectivity index (χ0n) is 13.0. The fraction of sp³-hybridized carbons (Fsp3) is 0.0556. The molecule has 0 aliphatic heterocycles. The Labute approximate surface area is 138 Å². The molecule has 0 atom stereocenters. The molecule has 0 aromatic carbocycles. The van der Waals surface area contributed by atoms with E-state index in [1.807, 2.05) is 36.7 Å². The Morgan fingerprint density at radius 1 is 0.958 bits per heavy atom. The summed E-state index contributed by atoms with van der Waals surface area (Å²) in [5, 5.41) is 1.02. The van der Waals surface area contributed by atoms with Crippen molar-refractivity contribution in [1.29, 1.82) is 0 Å². The van der Waals surface area contributed by atoms with Crippen LogP contribution in [0.5, 0.6) is 5.88 Å². The van der Waals surface area contributed by atoms with Crippen LogP contribution in [0, 0.1) is 0 Å². The molecular weight excluding hydrogens is 302 g/mol. The van der Waals surface area contributed by atoms with Crippen LogP contribution in [-0.2, 0) is 0 Å². The zero-order valence-corrected chi connectivity index (χ0v) is 13.0. The Morgan fingerprint density at radius 2 is 1.79 bits per heavy atom. The quantitative estimate of drug-likeness (QED) is 0.605. The largest absolute Gasteiger partial charge is 0.481 e. The number of nitrogens with zero attached hydrogens (tertiary/aromatic N) is 3. The maximum absolute atomic E-state index is 5.78. The van der Waals surface area contributed by atoms with Gasteiger partial charge < -0.3 is 15.5 Å². The molecule has 0 saturated heterocycles. The molecule has 0 fully saturated rings. The first-order valence-electron chi connectivity index (χ1n) is 7.44. The average molecular weight is 317 g/mol. The van der Waals surface area contributed by atoms with E-state index >= 15 is 0 Å². The summed E-state index contributed by atoms with van der Waals surface area (Å²) in [7, 11) is 1.61. The van der Waals surface area contributed by atoms with E-state index in [0.717, 1.165) is 33.3 Å². The molecule has 0 bridgehead atoms. The summed E-state index contributed by atoms with van der Waals surface area (Å²) in [6, 6.07) is 9.70. The smallest absolute Gasteiger partial charge is 0.213 e. The van der Waals surface area contributed by atoms with E-state index in [4.69, 9.17) is 10.5 Å². The average Bonchev–Trinajstić information content (AvgIpc) is 3.05. The highest BCUT2D eigenvalue weighted by atomic mass is 16.5. The third-order valence-corrected chi connectivity index (χ3v) is 3.90. The number of anilines is 1. The van der Waals surface area contributed by atoms with Crippen molar-refractivity contribution in [3.8, 4) is 28.1 Å². The third kappa shape index (κ3) is 2.44. The molecule has 6 heteroatoms. The first kappa shape index (κ1) is 14.2. The van der Waals surface area contributed by atoms with Crippen molar-refractivity contribution in [2.45, 2.75) is 0 Å². The van der Waals surface area contributed by atoms with Gasteiger partial charge in [0, 0.05) is 47.4 Å². The van der Waals surface area contributed by atoms with Gasteiger partial charge in [0.2, 0.25) is 5.88 Å². The lowest BCUT2D eigenvalue weighted by Gasteiger charge is -2.05. The highest BCUT2D eigenvalue weighted by Crippen LogP contribution is 2.32. The number of methoxy groups -OCH3 is 1. The van der Waals surface area contributed by atoms with Crippen LogP contribution in [-0.4, -0.2) is 27.0 Å². The number of fused-ring (bicyclic) bond motifs is 1. The Hall–Kier alpha value is -3.41. The summed E-state index contributed by atoms with van der Waals surface area (Å²) in [6.45, 7) is 0. The minimum atomic E-state index is 0.487. The van der Waals surface area contributed by atoms with Crippen LogP contribution in [0.1, 0.15) is 0 Å². The zero-order chi connectivity index (χ0) is 16.5. The maximum Gasteiger partial charge on any atom is 0.213 e.